The summed E-state index contributed by atoms with van der Waals surface area (Å²) in [7, 11) is 0. The van der Waals surface area contributed by atoms with E-state index in [0.717, 1.165) is 22.8 Å². The average Bonchev–Trinajstić information content (AvgIpc) is 3.38. The summed E-state index contributed by atoms with van der Waals surface area (Å²) in [6, 6.07) is 7.80. The Bertz CT molecular complexity index is 858. The highest BCUT2D eigenvalue weighted by Gasteiger charge is 2.24. The van der Waals surface area contributed by atoms with Crippen LogP contribution in [-0.4, -0.2) is 38.7 Å². The third kappa shape index (κ3) is 5.15. The smallest absolute Gasteiger partial charge is 0.191 e. The molecule has 27 heavy (non-hydrogen) atoms. The van der Waals surface area contributed by atoms with Crippen LogP contribution in [0.1, 0.15) is 24.3 Å². The Balaban J connectivity index is 1.66. The van der Waals surface area contributed by atoms with E-state index in [2.05, 4.69) is 25.6 Å². The molecule has 3 aromatic heterocycles. The molecule has 0 aliphatic rings. The van der Waals surface area contributed by atoms with Gasteiger partial charge in [-0.2, -0.15) is 0 Å². The molecule has 7 nitrogen and oxygen atoms in total. The Morgan fingerprint density at radius 1 is 1.33 bits per heavy atom. The van der Waals surface area contributed by atoms with Gasteiger partial charge in [-0.25, -0.2) is 15.0 Å². The quantitative estimate of drug-likeness (QED) is 0.430. The third-order valence-electron chi connectivity index (χ3n) is 3.99. The molecule has 3 heterocycles. The van der Waals surface area contributed by atoms with Gasteiger partial charge in [0, 0.05) is 30.0 Å². The Morgan fingerprint density at radius 2 is 2.22 bits per heavy atom. The summed E-state index contributed by atoms with van der Waals surface area (Å²) in [5.74, 6) is 1.47. The van der Waals surface area contributed by atoms with Crippen molar-refractivity contribution in [2.45, 2.75) is 26.0 Å². The van der Waals surface area contributed by atoms with Crippen LogP contribution < -0.4 is 10.6 Å². The van der Waals surface area contributed by atoms with Crippen molar-refractivity contribution in [2.75, 3.05) is 13.1 Å². The largest absolute Gasteiger partial charge is 0.383 e. The van der Waals surface area contributed by atoms with Crippen molar-refractivity contribution in [1.82, 2.24) is 25.2 Å². The van der Waals surface area contributed by atoms with Gasteiger partial charge in [-0.15, -0.1) is 11.3 Å². The SMILES string of the molecule is CCNC(=NCc1ccnc(-n2ccnc2)c1)NCC(C)(O)c1cccs1. The first-order valence-electron chi connectivity index (χ1n) is 8.80. The zero-order valence-electron chi connectivity index (χ0n) is 15.5. The van der Waals surface area contributed by atoms with Crippen molar-refractivity contribution in [1.29, 1.82) is 0 Å². The van der Waals surface area contributed by atoms with Gasteiger partial charge in [0.05, 0.1) is 13.1 Å². The molecule has 1 atom stereocenters. The van der Waals surface area contributed by atoms with Gasteiger partial charge in [0.2, 0.25) is 0 Å². The number of aliphatic hydroxyl groups is 1. The number of rotatable bonds is 7. The fourth-order valence-electron chi connectivity index (χ4n) is 2.53. The van der Waals surface area contributed by atoms with Crippen LogP contribution >= 0.6 is 11.3 Å². The van der Waals surface area contributed by atoms with Gasteiger partial charge < -0.3 is 15.7 Å². The van der Waals surface area contributed by atoms with Crippen molar-refractivity contribution < 1.29 is 5.11 Å². The summed E-state index contributed by atoms with van der Waals surface area (Å²) in [4.78, 5) is 13.9. The molecule has 0 fully saturated rings. The van der Waals surface area contributed by atoms with Crippen molar-refractivity contribution in [3.63, 3.8) is 0 Å². The third-order valence-corrected chi connectivity index (χ3v) is 5.12. The monoisotopic (exact) mass is 384 g/mol. The number of imidazole rings is 1. The summed E-state index contributed by atoms with van der Waals surface area (Å²) >= 11 is 1.54. The van der Waals surface area contributed by atoms with Gasteiger partial charge in [0.15, 0.2) is 5.96 Å². The fourth-order valence-corrected chi connectivity index (χ4v) is 3.32. The van der Waals surface area contributed by atoms with E-state index < -0.39 is 5.60 Å². The summed E-state index contributed by atoms with van der Waals surface area (Å²) in [5.41, 5.74) is 0.0891. The standard InChI is InChI=1S/C19H24N6OS/c1-3-21-18(24-13-19(2,26)16-5-4-10-27-16)23-12-15-6-7-22-17(11-15)25-9-8-20-14-25/h4-11,14,26H,3,12-13H2,1-2H3,(H2,21,23,24). The number of pyridine rings is 1. The second-order valence-electron chi connectivity index (χ2n) is 6.29. The predicted molar refractivity (Wildman–Crippen MR) is 108 cm³/mol. The molecule has 3 aromatic rings. The van der Waals surface area contributed by atoms with E-state index in [-0.39, 0.29) is 0 Å². The number of hydrogen-bond donors (Lipinski definition) is 3. The van der Waals surface area contributed by atoms with Gasteiger partial charge in [-0.3, -0.25) is 4.57 Å². The van der Waals surface area contributed by atoms with Crippen LogP contribution in [0.3, 0.4) is 0 Å². The Morgan fingerprint density at radius 3 is 2.93 bits per heavy atom. The van der Waals surface area contributed by atoms with Crippen molar-refractivity contribution in [3.05, 3.63) is 65.0 Å². The molecule has 3 rings (SSSR count). The van der Waals surface area contributed by atoms with E-state index in [4.69, 9.17) is 0 Å². The number of aromatic nitrogens is 3. The second-order valence-corrected chi connectivity index (χ2v) is 7.24. The molecule has 8 heteroatoms. The molecule has 0 bridgehead atoms. The molecular formula is C19H24N6OS. The van der Waals surface area contributed by atoms with E-state index in [9.17, 15) is 5.11 Å². The molecule has 0 aliphatic heterocycles. The van der Waals surface area contributed by atoms with Crippen LogP contribution in [-0.2, 0) is 12.1 Å². The minimum absolute atomic E-state index is 0.371. The molecule has 0 saturated heterocycles. The topological polar surface area (TPSA) is 87.4 Å². The number of aliphatic imine (C=N–C) groups is 1. The highest BCUT2D eigenvalue weighted by Crippen LogP contribution is 2.24. The molecule has 142 valence electrons. The second kappa shape index (κ2) is 8.79. The first kappa shape index (κ1) is 19.1. The molecule has 0 aromatic carbocycles. The van der Waals surface area contributed by atoms with Crippen LogP contribution in [0.4, 0.5) is 0 Å². The van der Waals surface area contributed by atoms with E-state index in [0.29, 0.717) is 19.0 Å². The molecular weight excluding hydrogens is 360 g/mol. The van der Waals surface area contributed by atoms with Crippen molar-refractivity contribution in [2.24, 2.45) is 4.99 Å². The van der Waals surface area contributed by atoms with Gasteiger partial charge >= 0.3 is 0 Å². The average molecular weight is 385 g/mol. The van der Waals surface area contributed by atoms with Gasteiger partial charge in [0.1, 0.15) is 17.7 Å². The van der Waals surface area contributed by atoms with Gasteiger partial charge in [-0.05, 0) is 43.0 Å². The molecule has 0 saturated carbocycles. The Hall–Kier alpha value is -2.71. The molecule has 0 radical (unpaired) electrons. The molecule has 0 spiro atoms. The van der Waals surface area contributed by atoms with E-state index in [1.807, 2.05) is 47.3 Å². The lowest BCUT2D eigenvalue weighted by atomic mass is 10.1. The highest BCUT2D eigenvalue weighted by atomic mass is 32.1. The van der Waals surface area contributed by atoms with E-state index >= 15 is 0 Å². The summed E-state index contributed by atoms with van der Waals surface area (Å²) in [5, 5.41) is 19.1. The molecule has 1 unspecified atom stereocenters. The highest BCUT2D eigenvalue weighted by molar-refractivity contribution is 7.10. The Labute approximate surface area is 162 Å². The van der Waals surface area contributed by atoms with E-state index in [1.165, 1.54) is 0 Å². The predicted octanol–water partition coefficient (Wildman–Crippen LogP) is 2.29. The summed E-state index contributed by atoms with van der Waals surface area (Å²) in [6.07, 6.45) is 7.06. The number of nitrogens with one attached hydrogen (secondary N) is 2. The number of hydrogen-bond acceptors (Lipinski definition) is 5. The zero-order chi connectivity index (χ0) is 19.1. The maximum Gasteiger partial charge on any atom is 0.191 e. The first-order chi connectivity index (χ1) is 13.1. The van der Waals surface area contributed by atoms with Crippen LogP contribution in [0.5, 0.6) is 0 Å². The lowest BCUT2D eigenvalue weighted by Crippen LogP contribution is -2.44. The van der Waals surface area contributed by atoms with E-state index in [1.54, 1.807) is 37.0 Å². The molecule has 0 aliphatic carbocycles. The number of thiophene rings is 1. The van der Waals surface area contributed by atoms with Crippen LogP contribution in [0, 0.1) is 0 Å². The normalized spacial score (nSPS) is 14.0. The minimum Gasteiger partial charge on any atom is -0.383 e. The maximum atomic E-state index is 10.7. The lowest BCUT2D eigenvalue weighted by Gasteiger charge is -2.23. The maximum absolute atomic E-state index is 10.7. The minimum atomic E-state index is -0.949. The van der Waals surface area contributed by atoms with Crippen LogP contribution in [0.2, 0.25) is 0 Å². The zero-order valence-corrected chi connectivity index (χ0v) is 16.3. The molecule has 0 amide bonds. The Kier molecular flexibility index (Phi) is 6.20. The molecule has 3 N–H and O–H groups in total. The van der Waals surface area contributed by atoms with Crippen molar-refractivity contribution in [3.8, 4) is 5.82 Å². The number of guanidine groups is 1. The lowest BCUT2D eigenvalue weighted by molar-refractivity contribution is 0.0655. The van der Waals surface area contributed by atoms with Gasteiger partial charge in [-0.1, -0.05) is 6.07 Å². The van der Waals surface area contributed by atoms with Crippen molar-refractivity contribution >= 4 is 17.3 Å². The van der Waals surface area contributed by atoms with Crippen LogP contribution in [0.25, 0.3) is 5.82 Å². The fraction of sp³-hybridized carbons (Fsp3) is 0.316. The van der Waals surface area contributed by atoms with Crippen LogP contribution in [0.15, 0.2) is 59.6 Å². The summed E-state index contributed by atoms with van der Waals surface area (Å²) < 4.78 is 1.86. The van der Waals surface area contributed by atoms with Gasteiger partial charge in [0.25, 0.3) is 0 Å². The number of nitrogens with zero attached hydrogens (tertiary/aromatic N) is 4. The summed E-state index contributed by atoms with van der Waals surface area (Å²) in [6.45, 7) is 5.42. The first-order valence-corrected chi connectivity index (χ1v) is 9.68.